The fourth-order valence-electron chi connectivity index (χ4n) is 2.05. The van der Waals surface area contributed by atoms with E-state index in [0.29, 0.717) is 28.5 Å². The summed E-state index contributed by atoms with van der Waals surface area (Å²) in [5.41, 5.74) is 6.93. The van der Waals surface area contributed by atoms with Gasteiger partial charge in [-0.15, -0.1) is 0 Å². The highest BCUT2D eigenvalue weighted by Crippen LogP contribution is 2.23. The van der Waals surface area contributed by atoms with Crippen LogP contribution in [0, 0.1) is 0 Å². The summed E-state index contributed by atoms with van der Waals surface area (Å²) in [5.74, 6) is 0.385. The van der Waals surface area contributed by atoms with Crippen molar-refractivity contribution in [1.29, 1.82) is 0 Å². The van der Waals surface area contributed by atoms with Gasteiger partial charge in [0, 0.05) is 18.8 Å². The first-order valence-electron chi connectivity index (χ1n) is 6.16. The smallest absolute Gasteiger partial charge is 0.259 e. The monoisotopic (exact) mass is 284 g/mol. The maximum absolute atomic E-state index is 11.6. The number of nitrogens with two attached hydrogens (primary N) is 1. The van der Waals surface area contributed by atoms with Gasteiger partial charge >= 0.3 is 0 Å². The van der Waals surface area contributed by atoms with Gasteiger partial charge in [-0.1, -0.05) is 0 Å². The van der Waals surface area contributed by atoms with Crippen molar-refractivity contribution in [2.75, 3.05) is 23.4 Å². The van der Waals surface area contributed by atoms with Gasteiger partial charge in [0.1, 0.15) is 11.6 Å². The number of benzene rings is 1. The zero-order valence-corrected chi connectivity index (χ0v) is 11.1. The van der Waals surface area contributed by atoms with Gasteiger partial charge in [0.15, 0.2) is 0 Å². The number of anilines is 4. The van der Waals surface area contributed by atoms with Gasteiger partial charge in [-0.05, 0) is 18.2 Å². The van der Waals surface area contributed by atoms with Gasteiger partial charge in [0.2, 0.25) is 5.95 Å². The summed E-state index contributed by atoms with van der Waals surface area (Å²) in [7, 11) is 1.72. The number of rotatable bonds is 3. The van der Waals surface area contributed by atoms with Crippen molar-refractivity contribution in [1.82, 2.24) is 15.3 Å². The summed E-state index contributed by atoms with van der Waals surface area (Å²) in [6.07, 6.45) is 0. The third-order valence-electron chi connectivity index (χ3n) is 3.01. The van der Waals surface area contributed by atoms with Crippen LogP contribution in [-0.4, -0.2) is 28.8 Å². The Kier molecular flexibility index (Phi) is 2.90. The number of aromatic nitrogens is 2. The van der Waals surface area contributed by atoms with Crippen LogP contribution in [0.3, 0.4) is 0 Å². The van der Waals surface area contributed by atoms with E-state index < -0.39 is 5.91 Å². The number of fused-ring (bicyclic) bond motifs is 1. The van der Waals surface area contributed by atoms with Crippen LogP contribution >= 0.6 is 0 Å². The van der Waals surface area contributed by atoms with Crippen LogP contribution in [0.2, 0.25) is 0 Å². The number of nitrogens with zero attached hydrogens (tertiary/aromatic N) is 2. The molecule has 1 aromatic heterocycles. The zero-order valence-electron chi connectivity index (χ0n) is 11.1. The zero-order chi connectivity index (χ0) is 15.0. The normalized spacial score (nSPS) is 12.8. The van der Waals surface area contributed by atoms with Crippen molar-refractivity contribution in [3.8, 4) is 0 Å². The van der Waals surface area contributed by atoms with E-state index in [-0.39, 0.29) is 11.9 Å². The maximum Gasteiger partial charge on any atom is 0.259 e. The Morgan fingerprint density at radius 2 is 1.76 bits per heavy atom. The van der Waals surface area contributed by atoms with Gasteiger partial charge in [-0.25, -0.2) is 0 Å². The van der Waals surface area contributed by atoms with E-state index >= 15 is 0 Å². The van der Waals surface area contributed by atoms with E-state index in [4.69, 9.17) is 5.73 Å². The van der Waals surface area contributed by atoms with Crippen molar-refractivity contribution in [3.05, 3.63) is 35.4 Å². The minimum absolute atomic E-state index is 0.124. The van der Waals surface area contributed by atoms with Gasteiger partial charge in [-0.3, -0.25) is 14.9 Å². The van der Waals surface area contributed by atoms with E-state index in [1.54, 1.807) is 31.3 Å². The molecule has 21 heavy (non-hydrogen) atoms. The third kappa shape index (κ3) is 2.34. The molecule has 5 N–H and O–H groups in total. The Bertz CT molecular complexity index is 758. The molecule has 0 aliphatic carbocycles. The number of nitrogens with one attached hydrogen (secondary N) is 3. The molecular weight excluding hydrogens is 272 g/mol. The van der Waals surface area contributed by atoms with Crippen LogP contribution in [0.4, 0.5) is 23.3 Å². The largest absolute Gasteiger partial charge is 0.373 e. The molecule has 1 aromatic carbocycles. The fourth-order valence-corrected chi connectivity index (χ4v) is 2.05. The minimum atomic E-state index is -0.406. The Balaban J connectivity index is 1.93. The SMILES string of the molecule is CNc1cc(Nc2ccc3c(c2)C(=O)NC3=O)nc(N)n1. The molecule has 0 bridgehead atoms. The second-order valence-corrected chi connectivity index (χ2v) is 4.42. The summed E-state index contributed by atoms with van der Waals surface area (Å²) in [6.45, 7) is 0. The Morgan fingerprint density at radius 1 is 1.05 bits per heavy atom. The highest BCUT2D eigenvalue weighted by molar-refractivity contribution is 6.21. The van der Waals surface area contributed by atoms with Gasteiger partial charge in [-0.2, -0.15) is 9.97 Å². The van der Waals surface area contributed by atoms with E-state index in [0.717, 1.165) is 0 Å². The summed E-state index contributed by atoms with van der Waals surface area (Å²) in [4.78, 5) is 31.1. The van der Waals surface area contributed by atoms with Crippen LogP contribution < -0.4 is 21.7 Å². The molecule has 8 nitrogen and oxygen atoms in total. The number of carbonyl (C=O) groups excluding carboxylic acids is 2. The highest BCUT2D eigenvalue weighted by Gasteiger charge is 2.26. The molecule has 0 atom stereocenters. The van der Waals surface area contributed by atoms with E-state index in [2.05, 4.69) is 25.9 Å². The lowest BCUT2D eigenvalue weighted by Crippen LogP contribution is -2.19. The van der Waals surface area contributed by atoms with Crippen LogP contribution in [-0.2, 0) is 0 Å². The molecule has 1 aliphatic rings. The van der Waals surface area contributed by atoms with Gasteiger partial charge in [0.25, 0.3) is 11.8 Å². The molecule has 8 heteroatoms. The van der Waals surface area contributed by atoms with E-state index in [1.807, 2.05) is 0 Å². The molecule has 2 amide bonds. The van der Waals surface area contributed by atoms with Gasteiger partial charge < -0.3 is 16.4 Å². The first kappa shape index (κ1) is 12.9. The molecule has 2 aromatic rings. The van der Waals surface area contributed by atoms with E-state index in [9.17, 15) is 9.59 Å². The highest BCUT2D eigenvalue weighted by atomic mass is 16.2. The number of imide groups is 1. The Morgan fingerprint density at radius 3 is 2.52 bits per heavy atom. The number of carbonyl (C=O) groups is 2. The first-order chi connectivity index (χ1) is 10.1. The predicted molar refractivity (Wildman–Crippen MR) is 77.5 cm³/mol. The molecule has 0 fully saturated rings. The van der Waals surface area contributed by atoms with Crippen LogP contribution in [0.5, 0.6) is 0 Å². The summed E-state index contributed by atoms with van der Waals surface area (Å²) < 4.78 is 0. The molecular formula is C13H12N6O2. The number of hydrogen-bond acceptors (Lipinski definition) is 7. The molecule has 3 rings (SSSR count). The van der Waals surface area contributed by atoms with Crippen molar-refractivity contribution in [2.45, 2.75) is 0 Å². The topological polar surface area (TPSA) is 122 Å². The van der Waals surface area contributed by atoms with Crippen molar-refractivity contribution >= 4 is 35.1 Å². The summed E-state index contributed by atoms with van der Waals surface area (Å²) in [6, 6.07) is 6.54. The average Bonchev–Trinajstić information content (AvgIpc) is 2.73. The summed E-state index contributed by atoms with van der Waals surface area (Å²) >= 11 is 0. The lowest BCUT2D eigenvalue weighted by atomic mass is 10.1. The van der Waals surface area contributed by atoms with Crippen LogP contribution in [0.25, 0.3) is 0 Å². The van der Waals surface area contributed by atoms with Crippen molar-refractivity contribution in [3.63, 3.8) is 0 Å². The second kappa shape index (κ2) is 4.75. The molecule has 1 aliphatic heterocycles. The molecule has 0 unspecified atom stereocenters. The standard InChI is InChI=1S/C13H12N6O2/c1-15-9-5-10(18-13(14)17-9)16-6-2-3-7-8(4-6)12(21)19-11(7)20/h2-5H,1H3,(H,19,20,21)(H4,14,15,16,17,18). The van der Waals surface area contributed by atoms with Crippen LogP contribution in [0.1, 0.15) is 20.7 Å². The lowest BCUT2D eigenvalue weighted by molar-refractivity contribution is 0.0879. The number of nitrogen functional groups attached to an aromatic ring is 1. The molecule has 0 spiro atoms. The Labute approximate surface area is 119 Å². The predicted octanol–water partition coefficient (Wildman–Crippen LogP) is 0.728. The molecule has 106 valence electrons. The van der Waals surface area contributed by atoms with Crippen molar-refractivity contribution < 1.29 is 9.59 Å². The minimum Gasteiger partial charge on any atom is -0.373 e. The van der Waals surface area contributed by atoms with Gasteiger partial charge in [0.05, 0.1) is 11.1 Å². The molecule has 0 saturated carbocycles. The first-order valence-corrected chi connectivity index (χ1v) is 6.16. The fraction of sp³-hybridized carbons (Fsp3) is 0.0769. The van der Waals surface area contributed by atoms with Crippen LogP contribution in [0.15, 0.2) is 24.3 Å². The lowest BCUT2D eigenvalue weighted by Gasteiger charge is -2.08. The molecule has 2 heterocycles. The number of amides is 2. The van der Waals surface area contributed by atoms with Crippen molar-refractivity contribution in [2.24, 2.45) is 0 Å². The molecule has 0 saturated heterocycles. The maximum atomic E-state index is 11.6. The molecule has 0 radical (unpaired) electrons. The van der Waals surface area contributed by atoms with E-state index in [1.165, 1.54) is 0 Å². The average molecular weight is 284 g/mol. The third-order valence-corrected chi connectivity index (χ3v) is 3.01. The quantitative estimate of drug-likeness (QED) is 0.613. The second-order valence-electron chi connectivity index (χ2n) is 4.42. The number of hydrogen-bond donors (Lipinski definition) is 4. The Hall–Kier alpha value is -3.16. The summed E-state index contributed by atoms with van der Waals surface area (Å²) in [5, 5.41) is 8.13.